The zero-order chi connectivity index (χ0) is 18.5. The van der Waals surface area contributed by atoms with E-state index in [2.05, 4.69) is 76.4 Å². The molecule has 26 heavy (non-hydrogen) atoms. The van der Waals surface area contributed by atoms with Crippen molar-refractivity contribution in [2.45, 2.75) is 32.9 Å². The van der Waals surface area contributed by atoms with Gasteiger partial charge < -0.3 is 14.8 Å². The molecule has 1 aromatic heterocycles. The normalized spacial score (nSPS) is 10.9. The minimum Gasteiger partial charge on any atom is -0.378 e. The molecule has 3 rings (SSSR count). The number of benzene rings is 2. The summed E-state index contributed by atoms with van der Waals surface area (Å²) >= 11 is 0. The highest BCUT2D eigenvalue weighted by atomic mass is 16.1. The molecule has 0 aliphatic rings. The standard InChI is InChI=1S/C22H27N3O/c1-4-25-14-13-19-9-5-17(15-21(19)25)8-12-22(26)23-16-18-6-10-20(11-7-18)24(2)3/h5-7,9-11,13-15H,4,8,12,16H2,1-3H3,(H,23,26). The molecule has 4 heteroatoms. The molecule has 1 N–H and O–H groups in total. The summed E-state index contributed by atoms with van der Waals surface area (Å²) in [5, 5.41) is 4.27. The monoisotopic (exact) mass is 349 g/mol. The number of hydrogen-bond acceptors (Lipinski definition) is 2. The molecule has 0 saturated carbocycles. The van der Waals surface area contributed by atoms with Gasteiger partial charge in [0.15, 0.2) is 0 Å². The Balaban J connectivity index is 1.52. The summed E-state index contributed by atoms with van der Waals surface area (Å²) in [6, 6.07) is 16.9. The van der Waals surface area contributed by atoms with Crippen LogP contribution in [0, 0.1) is 0 Å². The van der Waals surface area contributed by atoms with Crippen LogP contribution in [0.5, 0.6) is 0 Å². The van der Waals surface area contributed by atoms with Crippen LogP contribution in [0.1, 0.15) is 24.5 Å². The highest BCUT2D eigenvalue weighted by molar-refractivity contribution is 5.81. The van der Waals surface area contributed by atoms with Gasteiger partial charge in [0.25, 0.3) is 0 Å². The molecular weight excluding hydrogens is 322 g/mol. The van der Waals surface area contributed by atoms with Gasteiger partial charge in [-0.1, -0.05) is 24.3 Å². The average molecular weight is 349 g/mol. The first kappa shape index (κ1) is 18.1. The predicted molar refractivity (Wildman–Crippen MR) is 109 cm³/mol. The Morgan fingerprint density at radius 1 is 1.04 bits per heavy atom. The van der Waals surface area contributed by atoms with E-state index in [-0.39, 0.29) is 5.91 Å². The number of anilines is 1. The van der Waals surface area contributed by atoms with E-state index < -0.39 is 0 Å². The molecule has 1 heterocycles. The Hall–Kier alpha value is -2.75. The smallest absolute Gasteiger partial charge is 0.220 e. The van der Waals surface area contributed by atoms with Gasteiger partial charge in [-0.3, -0.25) is 4.79 Å². The first-order valence-corrected chi connectivity index (χ1v) is 9.17. The van der Waals surface area contributed by atoms with Crippen LogP contribution in [-0.4, -0.2) is 24.6 Å². The topological polar surface area (TPSA) is 37.3 Å². The second-order valence-corrected chi connectivity index (χ2v) is 6.83. The molecule has 0 bridgehead atoms. The van der Waals surface area contributed by atoms with Crippen molar-refractivity contribution in [2.24, 2.45) is 0 Å². The fourth-order valence-electron chi connectivity index (χ4n) is 3.12. The SMILES string of the molecule is CCn1ccc2ccc(CCC(=O)NCc3ccc(N(C)C)cc3)cc21. The van der Waals surface area contributed by atoms with E-state index in [0.717, 1.165) is 24.2 Å². The number of carbonyl (C=O) groups is 1. The average Bonchev–Trinajstić information content (AvgIpc) is 3.07. The maximum Gasteiger partial charge on any atom is 0.220 e. The Labute approximate surface area is 155 Å². The fourth-order valence-corrected chi connectivity index (χ4v) is 3.12. The third-order valence-electron chi connectivity index (χ3n) is 4.76. The summed E-state index contributed by atoms with van der Waals surface area (Å²) in [5.41, 5.74) is 4.72. The van der Waals surface area contributed by atoms with Crippen LogP contribution in [0.4, 0.5) is 5.69 Å². The summed E-state index contributed by atoms with van der Waals surface area (Å²) in [6.45, 7) is 3.68. The maximum atomic E-state index is 12.2. The Morgan fingerprint density at radius 3 is 2.46 bits per heavy atom. The Morgan fingerprint density at radius 2 is 1.77 bits per heavy atom. The van der Waals surface area contributed by atoms with E-state index in [1.165, 1.54) is 16.5 Å². The van der Waals surface area contributed by atoms with Gasteiger partial charge in [0.05, 0.1) is 0 Å². The second-order valence-electron chi connectivity index (χ2n) is 6.83. The first-order chi connectivity index (χ1) is 12.6. The van der Waals surface area contributed by atoms with Gasteiger partial charge >= 0.3 is 0 Å². The Bertz CT molecular complexity index is 878. The number of carbonyl (C=O) groups excluding carboxylic acids is 1. The molecule has 0 fully saturated rings. The summed E-state index contributed by atoms with van der Waals surface area (Å²) in [5.74, 6) is 0.0904. The van der Waals surface area contributed by atoms with Crippen molar-refractivity contribution in [1.82, 2.24) is 9.88 Å². The number of hydrogen-bond donors (Lipinski definition) is 1. The van der Waals surface area contributed by atoms with Gasteiger partial charge in [-0.25, -0.2) is 0 Å². The van der Waals surface area contributed by atoms with Gasteiger partial charge in [0, 0.05) is 51.0 Å². The van der Waals surface area contributed by atoms with Crippen molar-refractivity contribution in [3.8, 4) is 0 Å². The van der Waals surface area contributed by atoms with Crippen LogP contribution in [0.15, 0.2) is 54.7 Å². The Kier molecular flexibility index (Phi) is 5.61. The lowest BCUT2D eigenvalue weighted by molar-refractivity contribution is -0.121. The highest BCUT2D eigenvalue weighted by Crippen LogP contribution is 2.18. The zero-order valence-corrected chi connectivity index (χ0v) is 15.8. The number of nitrogens with one attached hydrogen (secondary N) is 1. The van der Waals surface area contributed by atoms with E-state index in [4.69, 9.17) is 0 Å². The van der Waals surface area contributed by atoms with Gasteiger partial charge in [-0.15, -0.1) is 0 Å². The predicted octanol–water partition coefficient (Wildman–Crippen LogP) is 3.98. The van der Waals surface area contributed by atoms with E-state index in [9.17, 15) is 4.79 Å². The lowest BCUT2D eigenvalue weighted by Crippen LogP contribution is -2.23. The minimum absolute atomic E-state index is 0.0904. The highest BCUT2D eigenvalue weighted by Gasteiger charge is 2.05. The molecule has 0 radical (unpaired) electrons. The van der Waals surface area contributed by atoms with Crippen molar-refractivity contribution in [2.75, 3.05) is 19.0 Å². The van der Waals surface area contributed by atoms with Crippen molar-refractivity contribution >= 4 is 22.5 Å². The van der Waals surface area contributed by atoms with Crippen molar-refractivity contribution < 1.29 is 4.79 Å². The molecule has 136 valence electrons. The molecule has 0 unspecified atom stereocenters. The van der Waals surface area contributed by atoms with E-state index in [1.807, 2.05) is 14.1 Å². The molecule has 0 aliphatic carbocycles. The minimum atomic E-state index is 0.0904. The van der Waals surface area contributed by atoms with E-state index in [1.54, 1.807) is 0 Å². The molecule has 0 aliphatic heterocycles. The van der Waals surface area contributed by atoms with Crippen LogP contribution in [0.25, 0.3) is 10.9 Å². The van der Waals surface area contributed by atoms with Crippen molar-refractivity contribution in [3.05, 3.63) is 65.9 Å². The van der Waals surface area contributed by atoms with Crippen molar-refractivity contribution in [1.29, 1.82) is 0 Å². The second kappa shape index (κ2) is 8.09. The first-order valence-electron chi connectivity index (χ1n) is 9.17. The van der Waals surface area contributed by atoms with Gasteiger partial charge in [0.1, 0.15) is 0 Å². The summed E-state index contributed by atoms with van der Waals surface area (Å²) in [4.78, 5) is 14.2. The van der Waals surface area contributed by atoms with Crippen LogP contribution >= 0.6 is 0 Å². The van der Waals surface area contributed by atoms with Gasteiger partial charge in [-0.05, 0) is 54.1 Å². The number of aromatic nitrogens is 1. The summed E-state index contributed by atoms with van der Waals surface area (Å²) in [7, 11) is 4.04. The van der Waals surface area contributed by atoms with Gasteiger partial charge in [-0.2, -0.15) is 0 Å². The summed E-state index contributed by atoms with van der Waals surface area (Å²) in [6.07, 6.45) is 3.38. The lowest BCUT2D eigenvalue weighted by Gasteiger charge is -2.13. The number of aryl methyl sites for hydroxylation is 2. The van der Waals surface area contributed by atoms with E-state index >= 15 is 0 Å². The largest absolute Gasteiger partial charge is 0.378 e. The molecule has 1 amide bonds. The quantitative estimate of drug-likeness (QED) is 0.701. The van der Waals surface area contributed by atoms with Crippen LogP contribution in [-0.2, 0) is 24.3 Å². The van der Waals surface area contributed by atoms with Crippen LogP contribution in [0.3, 0.4) is 0 Å². The third kappa shape index (κ3) is 4.26. The van der Waals surface area contributed by atoms with Gasteiger partial charge in [0.2, 0.25) is 5.91 Å². The molecule has 0 spiro atoms. The third-order valence-corrected chi connectivity index (χ3v) is 4.76. The number of rotatable bonds is 7. The number of amides is 1. The number of fused-ring (bicyclic) bond motifs is 1. The molecule has 4 nitrogen and oxygen atoms in total. The molecule has 3 aromatic rings. The fraction of sp³-hybridized carbons (Fsp3) is 0.318. The van der Waals surface area contributed by atoms with Crippen LogP contribution in [0.2, 0.25) is 0 Å². The van der Waals surface area contributed by atoms with Crippen molar-refractivity contribution in [3.63, 3.8) is 0 Å². The molecule has 0 saturated heterocycles. The lowest BCUT2D eigenvalue weighted by atomic mass is 10.1. The maximum absolute atomic E-state index is 12.2. The zero-order valence-electron chi connectivity index (χ0n) is 15.8. The van der Waals surface area contributed by atoms with Crippen LogP contribution < -0.4 is 10.2 Å². The summed E-state index contributed by atoms with van der Waals surface area (Å²) < 4.78 is 2.23. The molecule has 2 aromatic carbocycles. The molecule has 0 atom stereocenters. The van der Waals surface area contributed by atoms with E-state index in [0.29, 0.717) is 13.0 Å². The molecular formula is C22H27N3O. The number of nitrogens with zero attached hydrogens (tertiary/aromatic N) is 2.